The molecule has 0 saturated heterocycles. The molecule has 17 heteroatoms. The Balaban J connectivity index is 0.000000185. The third-order valence-corrected chi connectivity index (χ3v) is 27.5. The number of imidazole rings is 6. The fraction of sp³-hybridized carbons (Fsp3) is 0.130. The molecule has 0 atom stereocenters. The van der Waals surface area contributed by atoms with Crippen molar-refractivity contribution >= 4 is 0 Å². The molecule has 6 aromatic heterocycles. The first kappa shape index (κ1) is 100. The molecule has 22 aromatic rings. The zero-order chi connectivity index (χ0) is 99.2. The minimum absolute atomic E-state index is 0. The smallest absolute Gasteiger partial charge is 0.532 e. The second-order valence-corrected chi connectivity index (χ2v) is 37.2. The van der Waals surface area contributed by atoms with Crippen molar-refractivity contribution in [3.63, 3.8) is 0 Å². The Labute approximate surface area is 893 Å². The van der Waals surface area contributed by atoms with E-state index in [4.69, 9.17) is 44.1 Å². The number of ether oxygens (including phenoxy) is 3. The van der Waals surface area contributed by atoms with E-state index in [1.807, 2.05) is 165 Å². The van der Waals surface area contributed by atoms with Crippen molar-refractivity contribution in [1.29, 1.82) is 0 Å². The average molecular weight is 2280 g/mol. The summed E-state index contributed by atoms with van der Waals surface area (Å²) in [5, 5.41) is 0. The van der Waals surface area contributed by atoms with Crippen LogP contribution in [0.1, 0.15) is 107 Å². The fourth-order valence-electron chi connectivity index (χ4n) is 20.0. The first-order valence-corrected chi connectivity index (χ1v) is 49.6. The van der Waals surface area contributed by atoms with Crippen molar-refractivity contribution in [3.05, 3.63) is 557 Å². The van der Waals surface area contributed by atoms with Crippen LogP contribution in [0.25, 0.3) is 102 Å². The minimum atomic E-state index is -0.424. The van der Waals surface area contributed by atoms with E-state index in [2.05, 4.69) is 367 Å². The average Bonchev–Trinajstić information content (AvgIpc) is 1.13. The number of benzene rings is 16. The van der Waals surface area contributed by atoms with Gasteiger partial charge in [-0.2, -0.15) is 0 Å². The standard InChI is InChI=1S/C71H57N6.C60H51N6O3.2Ir/c1-71(62-41-32-53(33-42-62)29-38-56-17-11-14-26-65(56)75-50-47-72-68(75)59-20-5-2-6-21-59,63-43-34-54(35-44-63)30-39-57-18-12-15-27-66(57)76-51-48-73-69(76)60-22-7-3-8-23-60)64-45-36-55(37-46-64)31-40-58-19-13-16-28-67(58)77-52-49-74-70(77)61-24-9-4-10-25-61;1-40-11-7-12-41(2)55(40)64-30-27-61-58(64)49-19-23-52(24-20-49)67-37-46-33-47(38-68-53-25-21-50(22-26-53)59-62-28-31-65(59)56-42(3)13-8-14-43(56)4)35-48(34-46)39-69-54-18-10-17-51(36-54)60-63-29-32-66(60)57-44(5)15-9-16-45(57)6;;/h2-20,22,24,26-28,32-37,41-52H,29-31,38-40H2,1H3;7-19,21,23-35H,37-39H2,1-6H3;;/q2*-3;2*+3. The van der Waals surface area contributed by atoms with Crippen molar-refractivity contribution in [2.75, 3.05) is 0 Å². The molecular formula is C131H108Ir2N12O3. The monoisotopic (exact) mass is 2280 g/mol. The molecule has 148 heavy (non-hydrogen) atoms. The van der Waals surface area contributed by atoms with Gasteiger partial charge in [-0.3, -0.25) is 29.9 Å². The summed E-state index contributed by atoms with van der Waals surface area (Å²) >= 11 is 0. The van der Waals surface area contributed by atoms with Crippen LogP contribution >= 0.6 is 0 Å². The molecule has 0 bridgehead atoms. The predicted molar refractivity (Wildman–Crippen MR) is 582 cm³/mol. The third kappa shape index (κ3) is 22.2. The molecule has 0 N–H and O–H groups in total. The van der Waals surface area contributed by atoms with Gasteiger partial charge < -0.3 is 41.6 Å². The van der Waals surface area contributed by atoms with Gasteiger partial charge in [0.1, 0.15) is 19.8 Å². The number of para-hydroxylation sites is 6. The zero-order valence-corrected chi connectivity index (χ0v) is 88.2. The van der Waals surface area contributed by atoms with Crippen molar-refractivity contribution in [3.8, 4) is 120 Å². The first-order valence-electron chi connectivity index (χ1n) is 49.6. The van der Waals surface area contributed by atoms with Crippen LogP contribution in [0.4, 0.5) is 0 Å². The molecule has 0 radical (unpaired) electrons. The second kappa shape index (κ2) is 46.2. The molecule has 22 rings (SSSR count). The van der Waals surface area contributed by atoms with Crippen LogP contribution in [0.2, 0.25) is 0 Å². The van der Waals surface area contributed by atoms with E-state index in [0.29, 0.717) is 37.1 Å². The molecule has 15 nitrogen and oxygen atoms in total. The van der Waals surface area contributed by atoms with Gasteiger partial charge in [-0.1, -0.05) is 188 Å². The molecule has 0 aliphatic heterocycles. The van der Waals surface area contributed by atoms with Gasteiger partial charge in [0.2, 0.25) is 0 Å². The molecule has 0 saturated carbocycles. The quantitative estimate of drug-likeness (QED) is 0.0291. The van der Waals surface area contributed by atoms with Crippen LogP contribution < -0.4 is 14.2 Å². The molecule has 0 aliphatic carbocycles. The normalized spacial score (nSPS) is 11.2. The van der Waals surface area contributed by atoms with E-state index >= 15 is 0 Å². The Kier molecular flexibility index (Phi) is 31.3. The van der Waals surface area contributed by atoms with Crippen molar-refractivity contribution in [2.45, 2.75) is 112 Å². The topological polar surface area (TPSA) is 135 Å². The maximum Gasteiger partial charge on any atom is 3.00 e. The minimum Gasteiger partial charge on any atom is -0.532 e. The Morgan fingerprint density at radius 2 is 0.527 bits per heavy atom. The van der Waals surface area contributed by atoms with E-state index in [1.54, 1.807) is 0 Å². The summed E-state index contributed by atoms with van der Waals surface area (Å²) in [4.78, 5) is 28.3. The largest absolute Gasteiger partial charge is 3.00 e. The predicted octanol–water partition coefficient (Wildman–Crippen LogP) is 28.6. The molecule has 0 fully saturated rings. The van der Waals surface area contributed by atoms with E-state index in [0.717, 1.165) is 158 Å². The Hall–Kier alpha value is -16.5. The number of aromatic nitrogens is 12. The maximum atomic E-state index is 6.47. The van der Waals surface area contributed by atoms with Gasteiger partial charge in [-0.05, 0) is 224 Å². The third-order valence-electron chi connectivity index (χ3n) is 27.5. The first-order chi connectivity index (χ1) is 71.7. The van der Waals surface area contributed by atoms with Crippen LogP contribution in [0, 0.1) is 77.9 Å². The summed E-state index contributed by atoms with van der Waals surface area (Å²) in [6.45, 7) is 16.1. The van der Waals surface area contributed by atoms with Crippen molar-refractivity contribution in [2.24, 2.45) is 0 Å². The number of rotatable bonds is 33. The molecule has 0 aliphatic rings. The van der Waals surface area contributed by atoms with Gasteiger partial charge in [0, 0.05) is 131 Å². The van der Waals surface area contributed by atoms with Gasteiger partial charge in [-0.25, -0.2) is 0 Å². The van der Waals surface area contributed by atoms with Crippen LogP contribution in [0.15, 0.2) is 420 Å². The Morgan fingerprint density at radius 1 is 0.250 bits per heavy atom. The molecule has 0 spiro atoms. The number of hydrogen-bond acceptors (Lipinski definition) is 9. The van der Waals surface area contributed by atoms with E-state index in [1.165, 1.54) is 83.5 Å². The fourth-order valence-corrected chi connectivity index (χ4v) is 20.0. The summed E-state index contributed by atoms with van der Waals surface area (Å²) in [5.74, 6) is 7.12. The van der Waals surface area contributed by atoms with E-state index in [-0.39, 0.29) is 40.2 Å². The summed E-state index contributed by atoms with van der Waals surface area (Å²) < 4.78 is 32.2. The van der Waals surface area contributed by atoms with Crippen LogP contribution in [-0.4, -0.2) is 57.3 Å². The van der Waals surface area contributed by atoms with Crippen LogP contribution in [0.3, 0.4) is 0 Å². The molecule has 0 amide bonds. The van der Waals surface area contributed by atoms with Gasteiger partial charge in [0.25, 0.3) is 0 Å². The molecular weight excluding hydrogens is 2170 g/mol. The van der Waals surface area contributed by atoms with Gasteiger partial charge in [0.15, 0.2) is 0 Å². The van der Waals surface area contributed by atoms with Crippen LogP contribution in [-0.2, 0) is 104 Å². The molecule has 6 heterocycles. The summed E-state index contributed by atoms with van der Waals surface area (Å²) in [7, 11) is 0. The number of nitrogens with zero attached hydrogens (tertiary/aromatic N) is 12. The SMILES string of the molecule is CC(c1ccc(CCc2ccccc2-n2ccnc2-c2[c-]cccc2)cc1)(c1ccc(CCc2ccccc2-n2ccnc2-c2[c-]cccc2)cc1)c1ccc(CCc2ccccc2-n2ccnc2-c2[c-]cccc2)cc1.Cc1cccc(C)c1-n1ccnc1-c1[c-]c(OCc2cc(COc3c[c-]c(-c4nccn4-c4c(C)cccc4C)cc3)cc(COc3c[c-]c(-c4nccn4-c4c(C)cccc4C)cc3)c2)ccc1.[Ir+3].[Ir+3]. The van der Waals surface area contributed by atoms with Gasteiger partial charge in [0.05, 0.1) is 34.9 Å². The number of aryl methyl sites for hydroxylation is 12. The summed E-state index contributed by atoms with van der Waals surface area (Å²) in [6.07, 6.45) is 28.6. The molecule has 16 aromatic carbocycles. The number of hydrogen-bond donors (Lipinski definition) is 0. The van der Waals surface area contributed by atoms with Gasteiger partial charge in [-0.15, -0.1) is 191 Å². The van der Waals surface area contributed by atoms with E-state index < -0.39 is 5.41 Å². The van der Waals surface area contributed by atoms with Crippen molar-refractivity contribution < 1.29 is 54.4 Å². The summed E-state index contributed by atoms with van der Waals surface area (Å²) in [5.41, 5.74) is 33.3. The van der Waals surface area contributed by atoms with Crippen LogP contribution in [0.5, 0.6) is 17.2 Å². The Bertz CT molecular complexity index is 7630. The molecule has 0 unspecified atom stereocenters. The van der Waals surface area contributed by atoms with Crippen molar-refractivity contribution in [1.82, 2.24) is 57.3 Å². The Morgan fingerprint density at radius 3 is 0.838 bits per heavy atom. The van der Waals surface area contributed by atoms with Gasteiger partial charge >= 0.3 is 40.2 Å². The molecule has 728 valence electrons. The van der Waals surface area contributed by atoms with E-state index in [9.17, 15) is 0 Å². The maximum absolute atomic E-state index is 6.47. The summed E-state index contributed by atoms with van der Waals surface area (Å²) in [6, 6.07) is 142. The second-order valence-electron chi connectivity index (χ2n) is 37.2. The zero-order valence-electron chi connectivity index (χ0n) is 83.5.